The molecule has 1 aromatic rings. The van der Waals surface area contributed by atoms with Crippen molar-refractivity contribution in [2.45, 2.75) is 0 Å². The Hall–Kier alpha value is -2.61. The minimum Gasteiger partial charge on any atom is -0.468 e. The van der Waals surface area contributed by atoms with E-state index in [0.717, 1.165) is 5.69 Å². The van der Waals surface area contributed by atoms with E-state index in [1.165, 1.54) is 7.11 Å². The van der Waals surface area contributed by atoms with Crippen molar-refractivity contribution >= 4 is 23.5 Å². The Labute approximate surface area is 134 Å². The maximum absolute atomic E-state index is 12.4. The summed E-state index contributed by atoms with van der Waals surface area (Å²) in [5.41, 5.74) is 6.83. The van der Waals surface area contributed by atoms with Crippen molar-refractivity contribution < 1.29 is 14.3 Å². The van der Waals surface area contributed by atoms with Crippen LogP contribution in [0.1, 0.15) is 5.56 Å². The van der Waals surface area contributed by atoms with E-state index in [1.807, 2.05) is 0 Å². The summed E-state index contributed by atoms with van der Waals surface area (Å²) in [5.74, 6) is -0.326. The molecule has 1 aliphatic rings. The zero-order valence-electron chi connectivity index (χ0n) is 13.0. The zero-order chi connectivity index (χ0) is 16.8. The van der Waals surface area contributed by atoms with Crippen molar-refractivity contribution in [2.24, 2.45) is 5.73 Å². The highest BCUT2D eigenvalue weighted by Gasteiger charge is 2.28. The molecule has 0 atom stereocenters. The van der Waals surface area contributed by atoms with Gasteiger partial charge in [0.05, 0.1) is 13.7 Å². The van der Waals surface area contributed by atoms with Gasteiger partial charge >= 0.3 is 12.0 Å². The molecule has 8 nitrogen and oxygen atoms in total. The first-order valence-corrected chi connectivity index (χ1v) is 7.31. The number of nitrogen functional groups attached to an aromatic ring is 1. The number of amidine groups is 1. The molecule has 1 aromatic carbocycles. The third-order valence-electron chi connectivity index (χ3n) is 3.64. The number of nitrogens with one attached hydrogen (secondary N) is 2. The normalized spacial score (nSPS) is 14.2. The van der Waals surface area contributed by atoms with Crippen LogP contribution in [-0.4, -0.2) is 62.6 Å². The van der Waals surface area contributed by atoms with Gasteiger partial charge in [-0.25, -0.2) is 4.79 Å². The van der Waals surface area contributed by atoms with E-state index in [4.69, 9.17) is 11.1 Å². The SMILES string of the molecule is COC(=O)CNCCN1CCN(c2ccc(C(=N)N)cc2)C1=O. The zero-order valence-corrected chi connectivity index (χ0v) is 13.0. The molecule has 8 heteroatoms. The summed E-state index contributed by atoms with van der Waals surface area (Å²) >= 11 is 0. The molecule has 0 bridgehead atoms. The molecule has 1 heterocycles. The number of methoxy groups -OCH3 is 1. The Morgan fingerprint density at radius 2 is 2.04 bits per heavy atom. The van der Waals surface area contributed by atoms with Gasteiger partial charge in [0.2, 0.25) is 0 Å². The first-order chi connectivity index (χ1) is 11.0. The standard InChI is InChI=1S/C15H21N5O3/c1-23-13(21)10-18-6-7-19-8-9-20(15(19)22)12-4-2-11(3-5-12)14(16)17/h2-5,18H,6-10H2,1H3,(H3,16,17). The molecular formula is C15H21N5O3. The minimum atomic E-state index is -0.329. The Morgan fingerprint density at radius 3 is 2.65 bits per heavy atom. The third kappa shape index (κ3) is 4.19. The summed E-state index contributed by atoms with van der Waals surface area (Å²) in [7, 11) is 1.34. The van der Waals surface area contributed by atoms with Gasteiger partial charge in [-0.1, -0.05) is 0 Å². The van der Waals surface area contributed by atoms with E-state index in [0.29, 0.717) is 31.7 Å². The van der Waals surface area contributed by atoms with Crippen LogP contribution in [0.15, 0.2) is 24.3 Å². The van der Waals surface area contributed by atoms with Crippen LogP contribution in [0.5, 0.6) is 0 Å². The van der Waals surface area contributed by atoms with Gasteiger partial charge in [-0.05, 0) is 24.3 Å². The van der Waals surface area contributed by atoms with Crippen LogP contribution in [0.4, 0.5) is 10.5 Å². The lowest BCUT2D eigenvalue weighted by Gasteiger charge is -2.19. The summed E-state index contributed by atoms with van der Waals surface area (Å²) < 4.78 is 4.53. The van der Waals surface area contributed by atoms with Crippen molar-refractivity contribution in [3.05, 3.63) is 29.8 Å². The molecule has 2 rings (SSSR count). The van der Waals surface area contributed by atoms with Gasteiger partial charge in [0.1, 0.15) is 5.84 Å². The highest BCUT2D eigenvalue weighted by molar-refractivity contribution is 5.97. The summed E-state index contributed by atoms with van der Waals surface area (Å²) in [6.07, 6.45) is 0. The Balaban J connectivity index is 1.86. The predicted molar refractivity (Wildman–Crippen MR) is 86.7 cm³/mol. The fourth-order valence-electron chi connectivity index (χ4n) is 2.33. The molecule has 0 radical (unpaired) electrons. The van der Waals surface area contributed by atoms with Crippen LogP contribution >= 0.6 is 0 Å². The Bertz CT molecular complexity index is 587. The largest absolute Gasteiger partial charge is 0.468 e. The maximum atomic E-state index is 12.4. The van der Waals surface area contributed by atoms with Crippen molar-refractivity contribution in [2.75, 3.05) is 44.7 Å². The maximum Gasteiger partial charge on any atom is 0.324 e. The second-order valence-corrected chi connectivity index (χ2v) is 5.13. The van der Waals surface area contributed by atoms with Gasteiger partial charge in [-0.15, -0.1) is 0 Å². The fourth-order valence-corrected chi connectivity index (χ4v) is 2.33. The predicted octanol–water partition coefficient (Wildman–Crippen LogP) is -0.0247. The van der Waals surface area contributed by atoms with E-state index in [2.05, 4.69) is 10.1 Å². The molecule has 0 aromatic heterocycles. The second-order valence-electron chi connectivity index (χ2n) is 5.13. The quantitative estimate of drug-likeness (QED) is 0.283. The summed E-state index contributed by atoms with van der Waals surface area (Å²) in [6, 6.07) is 6.96. The number of rotatable bonds is 7. The van der Waals surface area contributed by atoms with Crippen molar-refractivity contribution in [1.82, 2.24) is 10.2 Å². The lowest BCUT2D eigenvalue weighted by atomic mass is 10.2. The average molecular weight is 319 g/mol. The number of hydrogen-bond acceptors (Lipinski definition) is 5. The number of anilines is 1. The molecular weight excluding hydrogens is 298 g/mol. The first kappa shape index (κ1) is 16.8. The summed E-state index contributed by atoms with van der Waals surface area (Å²) in [5, 5.41) is 10.3. The van der Waals surface area contributed by atoms with E-state index in [9.17, 15) is 9.59 Å². The molecule has 0 spiro atoms. The van der Waals surface area contributed by atoms with E-state index in [1.54, 1.807) is 34.1 Å². The molecule has 1 saturated heterocycles. The number of amides is 2. The lowest BCUT2D eigenvalue weighted by molar-refractivity contribution is -0.139. The molecule has 2 amide bonds. The van der Waals surface area contributed by atoms with Crippen LogP contribution < -0.4 is 16.0 Å². The van der Waals surface area contributed by atoms with E-state index in [-0.39, 0.29) is 24.4 Å². The van der Waals surface area contributed by atoms with E-state index < -0.39 is 0 Å². The second kappa shape index (κ2) is 7.59. The number of benzene rings is 1. The van der Waals surface area contributed by atoms with Gasteiger partial charge < -0.3 is 20.7 Å². The number of carbonyl (C=O) groups is 2. The van der Waals surface area contributed by atoms with E-state index >= 15 is 0 Å². The molecule has 0 aliphatic carbocycles. The summed E-state index contributed by atoms with van der Waals surface area (Å²) in [4.78, 5) is 26.8. The minimum absolute atomic E-state index is 0.00241. The van der Waals surface area contributed by atoms with Gasteiger partial charge in [0, 0.05) is 37.4 Å². The molecule has 1 aliphatic heterocycles. The number of hydrogen-bond donors (Lipinski definition) is 3. The van der Waals surface area contributed by atoms with Gasteiger partial charge in [-0.3, -0.25) is 15.1 Å². The van der Waals surface area contributed by atoms with Crippen LogP contribution in [-0.2, 0) is 9.53 Å². The topological polar surface area (TPSA) is 112 Å². The number of esters is 1. The summed E-state index contributed by atoms with van der Waals surface area (Å²) in [6.45, 7) is 2.42. The monoisotopic (exact) mass is 319 g/mol. The molecule has 0 saturated carbocycles. The third-order valence-corrected chi connectivity index (χ3v) is 3.64. The van der Waals surface area contributed by atoms with Crippen LogP contribution in [0, 0.1) is 5.41 Å². The van der Waals surface area contributed by atoms with Crippen LogP contribution in [0.25, 0.3) is 0 Å². The number of nitrogens with zero attached hydrogens (tertiary/aromatic N) is 2. The van der Waals surface area contributed by atoms with Crippen molar-refractivity contribution in [1.29, 1.82) is 5.41 Å². The first-order valence-electron chi connectivity index (χ1n) is 7.31. The Morgan fingerprint density at radius 1 is 1.35 bits per heavy atom. The Kier molecular flexibility index (Phi) is 5.53. The van der Waals surface area contributed by atoms with Gasteiger partial charge in [0.15, 0.2) is 0 Å². The number of ether oxygens (including phenoxy) is 1. The molecule has 0 unspecified atom stereocenters. The molecule has 124 valence electrons. The molecule has 1 fully saturated rings. The number of urea groups is 1. The van der Waals surface area contributed by atoms with Gasteiger partial charge in [0.25, 0.3) is 0 Å². The number of nitrogens with two attached hydrogens (primary N) is 1. The lowest BCUT2D eigenvalue weighted by Crippen LogP contribution is -2.37. The highest BCUT2D eigenvalue weighted by Crippen LogP contribution is 2.20. The number of carbonyl (C=O) groups excluding carboxylic acids is 2. The highest BCUT2D eigenvalue weighted by atomic mass is 16.5. The van der Waals surface area contributed by atoms with Crippen molar-refractivity contribution in [3.63, 3.8) is 0 Å². The van der Waals surface area contributed by atoms with Crippen molar-refractivity contribution in [3.8, 4) is 0 Å². The molecule has 4 N–H and O–H groups in total. The van der Waals surface area contributed by atoms with Crippen LogP contribution in [0.3, 0.4) is 0 Å². The van der Waals surface area contributed by atoms with Crippen LogP contribution in [0.2, 0.25) is 0 Å². The fraction of sp³-hybridized carbons (Fsp3) is 0.400. The molecule has 23 heavy (non-hydrogen) atoms. The van der Waals surface area contributed by atoms with Gasteiger partial charge in [-0.2, -0.15) is 0 Å². The smallest absolute Gasteiger partial charge is 0.324 e. The average Bonchev–Trinajstić information content (AvgIpc) is 2.92.